The van der Waals surface area contributed by atoms with Gasteiger partial charge in [0.25, 0.3) is 0 Å². The zero-order valence-corrected chi connectivity index (χ0v) is 13.8. The molecule has 0 spiro atoms. The van der Waals surface area contributed by atoms with E-state index >= 15 is 0 Å². The van der Waals surface area contributed by atoms with Gasteiger partial charge < -0.3 is 9.16 Å². The molecular formula is C15H30O2Si. The minimum atomic E-state index is -1.63. The predicted molar refractivity (Wildman–Crippen MR) is 80.5 cm³/mol. The minimum Gasteiger partial charge on any atom is -0.414 e. The lowest BCUT2D eigenvalue weighted by Gasteiger charge is -2.38. The number of ether oxygens (including phenoxy) is 1. The van der Waals surface area contributed by atoms with Gasteiger partial charge in [-0.3, -0.25) is 0 Å². The lowest BCUT2D eigenvalue weighted by Crippen LogP contribution is -2.44. The van der Waals surface area contributed by atoms with Crippen LogP contribution in [0.2, 0.25) is 18.1 Å². The molecule has 18 heavy (non-hydrogen) atoms. The molecule has 106 valence electrons. The van der Waals surface area contributed by atoms with Crippen molar-refractivity contribution < 1.29 is 9.16 Å². The molecule has 0 unspecified atom stereocenters. The fraction of sp³-hybridized carbons (Fsp3) is 0.867. The molecule has 1 saturated heterocycles. The van der Waals surface area contributed by atoms with E-state index < -0.39 is 8.32 Å². The van der Waals surface area contributed by atoms with Crippen LogP contribution in [-0.2, 0) is 9.16 Å². The maximum Gasteiger partial charge on any atom is 0.192 e. The van der Waals surface area contributed by atoms with Crippen molar-refractivity contribution in [1.82, 2.24) is 0 Å². The molecule has 1 rings (SSSR count). The Morgan fingerprint density at radius 1 is 1.28 bits per heavy atom. The topological polar surface area (TPSA) is 18.5 Å². The second-order valence-corrected chi connectivity index (χ2v) is 11.7. The summed E-state index contributed by atoms with van der Waals surface area (Å²) in [6, 6.07) is 0. The zero-order valence-electron chi connectivity index (χ0n) is 12.8. The van der Waals surface area contributed by atoms with E-state index in [0.29, 0.717) is 6.10 Å². The molecule has 0 bridgehead atoms. The second kappa shape index (κ2) is 6.35. The van der Waals surface area contributed by atoms with Crippen LogP contribution in [0.25, 0.3) is 0 Å². The smallest absolute Gasteiger partial charge is 0.192 e. The first-order valence-electron chi connectivity index (χ1n) is 7.16. The van der Waals surface area contributed by atoms with Crippen molar-refractivity contribution in [2.24, 2.45) is 0 Å². The molecule has 2 atom stereocenters. The molecule has 0 saturated carbocycles. The third-order valence-corrected chi connectivity index (χ3v) is 8.80. The fourth-order valence-corrected chi connectivity index (χ4v) is 3.02. The summed E-state index contributed by atoms with van der Waals surface area (Å²) in [4.78, 5) is 0. The molecule has 0 aliphatic carbocycles. The van der Waals surface area contributed by atoms with Gasteiger partial charge in [0.1, 0.15) is 0 Å². The molecule has 1 heterocycles. The minimum absolute atomic E-state index is 0.280. The van der Waals surface area contributed by atoms with E-state index in [9.17, 15) is 0 Å². The first-order valence-corrected chi connectivity index (χ1v) is 10.1. The Morgan fingerprint density at radius 2 is 1.89 bits per heavy atom. The highest BCUT2D eigenvalue weighted by Gasteiger charge is 2.38. The van der Waals surface area contributed by atoms with E-state index in [1.807, 2.05) is 6.08 Å². The van der Waals surface area contributed by atoms with Gasteiger partial charge >= 0.3 is 0 Å². The molecule has 0 aromatic heterocycles. The van der Waals surface area contributed by atoms with Crippen molar-refractivity contribution in [1.29, 1.82) is 0 Å². The van der Waals surface area contributed by atoms with E-state index in [0.717, 1.165) is 19.4 Å². The SMILES string of the molecule is C=CC[C@H]1CCC[C@H](CO[Si](C)(C)C(C)(C)C)O1. The fourth-order valence-electron chi connectivity index (χ4n) is 1.98. The first kappa shape index (κ1) is 15.9. The molecule has 3 heteroatoms. The molecule has 1 aliphatic heterocycles. The van der Waals surface area contributed by atoms with Crippen LogP contribution >= 0.6 is 0 Å². The van der Waals surface area contributed by atoms with Crippen molar-refractivity contribution in [2.45, 2.75) is 76.8 Å². The summed E-state index contributed by atoms with van der Waals surface area (Å²) in [5.74, 6) is 0. The van der Waals surface area contributed by atoms with Gasteiger partial charge in [-0.2, -0.15) is 0 Å². The summed E-state index contributed by atoms with van der Waals surface area (Å²) < 4.78 is 12.3. The van der Waals surface area contributed by atoms with Crippen LogP contribution in [0.15, 0.2) is 12.7 Å². The van der Waals surface area contributed by atoms with Gasteiger partial charge in [-0.05, 0) is 43.8 Å². The van der Waals surface area contributed by atoms with Gasteiger partial charge in [-0.25, -0.2) is 0 Å². The zero-order chi connectivity index (χ0) is 13.8. The van der Waals surface area contributed by atoms with Gasteiger partial charge in [0, 0.05) is 0 Å². The number of hydrogen-bond donors (Lipinski definition) is 0. The van der Waals surface area contributed by atoms with Crippen molar-refractivity contribution in [3.8, 4) is 0 Å². The lowest BCUT2D eigenvalue weighted by molar-refractivity contribution is -0.0674. The summed E-state index contributed by atoms with van der Waals surface area (Å²) in [7, 11) is -1.63. The highest BCUT2D eigenvalue weighted by Crippen LogP contribution is 2.37. The largest absolute Gasteiger partial charge is 0.414 e. The molecular weight excluding hydrogens is 240 g/mol. The van der Waals surface area contributed by atoms with E-state index in [1.165, 1.54) is 12.8 Å². The van der Waals surface area contributed by atoms with Crippen LogP contribution in [0, 0.1) is 0 Å². The molecule has 2 nitrogen and oxygen atoms in total. The van der Waals surface area contributed by atoms with Crippen molar-refractivity contribution in [2.75, 3.05) is 6.61 Å². The monoisotopic (exact) mass is 270 g/mol. The van der Waals surface area contributed by atoms with Crippen molar-refractivity contribution in [3.63, 3.8) is 0 Å². The molecule has 1 fully saturated rings. The molecule has 0 radical (unpaired) electrons. The van der Waals surface area contributed by atoms with Crippen LogP contribution in [0.3, 0.4) is 0 Å². The average Bonchev–Trinajstić information content (AvgIpc) is 2.26. The Kier molecular flexibility index (Phi) is 5.62. The van der Waals surface area contributed by atoms with Crippen LogP contribution in [0.4, 0.5) is 0 Å². The average molecular weight is 270 g/mol. The third-order valence-electron chi connectivity index (χ3n) is 4.30. The summed E-state index contributed by atoms with van der Waals surface area (Å²) in [6.07, 6.45) is 7.15. The normalized spacial score (nSPS) is 26.1. The van der Waals surface area contributed by atoms with Crippen molar-refractivity contribution >= 4 is 8.32 Å². The first-order chi connectivity index (χ1) is 8.26. The predicted octanol–water partition coefficient (Wildman–Crippen LogP) is 4.52. The quantitative estimate of drug-likeness (QED) is 0.540. The molecule has 1 aliphatic rings. The Labute approximate surface area is 114 Å². The Balaban J connectivity index is 2.41. The summed E-state index contributed by atoms with van der Waals surface area (Å²) >= 11 is 0. The van der Waals surface area contributed by atoms with Gasteiger partial charge in [0.05, 0.1) is 18.8 Å². The standard InChI is InChI=1S/C15H30O2Si/c1-7-9-13-10-8-11-14(17-13)12-16-18(5,6)15(2,3)4/h7,13-14H,1,8-12H2,2-6H3/t13-,14+/m0/s1. The van der Waals surface area contributed by atoms with Crippen molar-refractivity contribution in [3.05, 3.63) is 12.7 Å². The van der Waals surface area contributed by atoms with E-state index in [2.05, 4.69) is 40.4 Å². The van der Waals surface area contributed by atoms with E-state index in [4.69, 9.17) is 9.16 Å². The Morgan fingerprint density at radius 3 is 2.44 bits per heavy atom. The molecule has 0 aromatic rings. The van der Waals surface area contributed by atoms with Gasteiger partial charge in [-0.15, -0.1) is 6.58 Å². The second-order valence-electron chi connectivity index (χ2n) is 6.91. The van der Waals surface area contributed by atoms with Crippen LogP contribution in [0.1, 0.15) is 46.5 Å². The number of hydrogen-bond acceptors (Lipinski definition) is 2. The van der Waals surface area contributed by atoms with Crippen LogP contribution in [0.5, 0.6) is 0 Å². The van der Waals surface area contributed by atoms with Crippen LogP contribution in [-0.4, -0.2) is 27.1 Å². The lowest BCUT2D eigenvalue weighted by atomic mass is 10.0. The van der Waals surface area contributed by atoms with Gasteiger partial charge in [0.15, 0.2) is 8.32 Å². The Bertz CT molecular complexity index is 268. The summed E-state index contributed by atoms with van der Waals surface area (Å²) in [5, 5.41) is 0.280. The van der Waals surface area contributed by atoms with Gasteiger partial charge in [0.2, 0.25) is 0 Å². The molecule has 0 N–H and O–H groups in total. The van der Waals surface area contributed by atoms with E-state index in [1.54, 1.807) is 0 Å². The highest BCUT2D eigenvalue weighted by atomic mass is 28.4. The van der Waals surface area contributed by atoms with Crippen LogP contribution < -0.4 is 0 Å². The third kappa shape index (κ3) is 4.52. The van der Waals surface area contributed by atoms with Gasteiger partial charge in [-0.1, -0.05) is 26.8 Å². The maximum atomic E-state index is 6.25. The van der Waals surface area contributed by atoms with E-state index in [-0.39, 0.29) is 11.1 Å². The Hall–Kier alpha value is -0.123. The molecule has 0 aromatic carbocycles. The molecule has 0 amide bonds. The summed E-state index contributed by atoms with van der Waals surface area (Å²) in [5.41, 5.74) is 0. The number of rotatable bonds is 5. The maximum absolute atomic E-state index is 6.25. The highest BCUT2D eigenvalue weighted by molar-refractivity contribution is 6.74. The summed E-state index contributed by atoms with van der Waals surface area (Å²) in [6.45, 7) is 16.0.